The Kier molecular flexibility index (Phi) is 5.12. The Hall–Kier alpha value is -1.69. The van der Waals surface area contributed by atoms with Crippen molar-refractivity contribution in [2.75, 3.05) is 5.32 Å². The van der Waals surface area contributed by atoms with Gasteiger partial charge in [-0.15, -0.1) is 0 Å². The first-order valence-corrected chi connectivity index (χ1v) is 7.13. The lowest BCUT2D eigenvalue weighted by molar-refractivity contribution is 0.0978. The van der Waals surface area contributed by atoms with Gasteiger partial charge in [-0.1, -0.05) is 29.3 Å². The molecule has 0 fully saturated rings. The Bertz CT molecular complexity index is 706. The lowest BCUT2D eigenvalue weighted by atomic mass is 10.2. The number of aromatic nitrogens is 1. The molecule has 0 bridgehead atoms. The standard InChI is InChI=1S/C14H11Cl2N3OS/c1-8-3-2-6-17-12(8)18-14(21)19-13(20)10-5-4-9(15)7-11(10)16/h2-7H,1H3,(H2,17,18,19,20,21). The molecule has 0 aliphatic heterocycles. The van der Waals surface area contributed by atoms with E-state index in [-0.39, 0.29) is 10.1 Å². The number of thiocarbonyl (C=S) groups is 1. The Morgan fingerprint density at radius 1 is 1.29 bits per heavy atom. The van der Waals surface area contributed by atoms with Gasteiger partial charge in [0.15, 0.2) is 5.11 Å². The van der Waals surface area contributed by atoms with E-state index in [1.807, 2.05) is 19.1 Å². The van der Waals surface area contributed by atoms with Crippen LogP contribution < -0.4 is 10.6 Å². The van der Waals surface area contributed by atoms with Crippen LogP contribution in [0.4, 0.5) is 5.82 Å². The molecular weight excluding hydrogens is 329 g/mol. The van der Waals surface area contributed by atoms with E-state index in [2.05, 4.69) is 15.6 Å². The SMILES string of the molecule is Cc1cccnc1NC(=S)NC(=O)c1ccc(Cl)cc1Cl. The maximum absolute atomic E-state index is 12.1. The third-order valence-corrected chi connectivity index (χ3v) is 3.40. The minimum absolute atomic E-state index is 0.146. The summed E-state index contributed by atoms with van der Waals surface area (Å²) in [4.78, 5) is 16.2. The highest BCUT2D eigenvalue weighted by Gasteiger charge is 2.12. The Morgan fingerprint density at radius 3 is 2.71 bits per heavy atom. The van der Waals surface area contributed by atoms with Gasteiger partial charge in [-0.25, -0.2) is 4.98 Å². The highest BCUT2D eigenvalue weighted by Crippen LogP contribution is 2.20. The molecular formula is C14H11Cl2N3OS. The lowest BCUT2D eigenvalue weighted by Crippen LogP contribution is -2.34. The van der Waals surface area contributed by atoms with Gasteiger partial charge in [0.1, 0.15) is 5.82 Å². The minimum Gasteiger partial charge on any atom is -0.317 e. The second-order valence-corrected chi connectivity index (χ2v) is 5.45. The van der Waals surface area contributed by atoms with Crippen molar-refractivity contribution in [2.45, 2.75) is 6.92 Å². The summed E-state index contributed by atoms with van der Waals surface area (Å²) in [5.41, 5.74) is 1.21. The van der Waals surface area contributed by atoms with Crippen molar-refractivity contribution in [1.82, 2.24) is 10.3 Å². The number of pyridine rings is 1. The van der Waals surface area contributed by atoms with E-state index in [1.54, 1.807) is 12.3 Å². The molecule has 7 heteroatoms. The van der Waals surface area contributed by atoms with Crippen LogP contribution >= 0.6 is 35.4 Å². The van der Waals surface area contributed by atoms with Crippen LogP contribution in [0.15, 0.2) is 36.5 Å². The fourth-order valence-corrected chi connectivity index (χ4v) is 2.28. The van der Waals surface area contributed by atoms with Gasteiger partial charge in [0.25, 0.3) is 5.91 Å². The zero-order valence-electron chi connectivity index (χ0n) is 11.0. The summed E-state index contributed by atoms with van der Waals surface area (Å²) < 4.78 is 0. The minimum atomic E-state index is -0.414. The summed E-state index contributed by atoms with van der Waals surface area (Å²) >= 11 is 16.9. The molecule has 4 nitrogen and oxygen atoms in total. The third kappa shape index (κ3) is 4.14. The zero-order chi connectivity index (χ0) is 15.4. The molecule has 2 rings (SSSR count). The number of anilines is 1. The number of nitrogens with zero attached hydrogens (tertiary/aromatic N) is 1. The molecule has 0 spiro atoms. The smallest absolute Gasteiger partial charge is 0.258 e. The molecule has 1 heterocycles. The number of aryl methyl sites for hydroxylation is 1. The van der Waals surface area contributed by atoms with Gasteiger partial charge in [-0.3, -0.25) is 10.1 Å². The molecule has 0 aliphatic carbocycles. The predicted octanol–water partition coefficient (Wildman–Crippen LogP) is 3.82. The summed E-state index contributed by atoms with van der Waals surface area (Å²) in [6, 6.07) is 8.32. The van der Waals surface area contributed by atoms with Crippen molar-refractivity contribution in [3.63, 3.8) is 0 Å². The van der Waals surface area contributed by atoms with Gasteiger partial charge < -0.3 is 5.32 Å². The number of hydrogen-bond donors (Lipinski definition) is 2. The van der Waals surface area contributed by atoms with Crippen LogP contribution in [0.3, 0.4) is 0 Å². The molecule has 21 heavy (non-hydrogen) atoms. The number of nitrogens with one attached hydrogen (secondary N) is 2. The van der Waals surface area contributed by atoms with Crippen molar-refractivity contribution in [1.29, 1.82) is 0 Å². The fraction of sp³-hybridized carbons (Fsp3) is 0.0714. The van der Waals surface area contributed by atoms with Gasteiger partial charge in [0, 0.05) is 11.2 Å². The predicted molar refractivity (Wildman–Crippen MR) is 89.1 cm³/mol. The highest BCUT2D eigenvalue weighted by atomic mass is 35.5. The quantitative estimate of drug-likeness (QED) is 0.816. The molecule has 0 radical (unpaired) electrons. The average molecular weight is 340 g/mol. The third-order valence-electron chi connectivity index (χ3n) is 2.64. The molecule has 2 N–H and O–H groups in total. The zero-order valence-corrected chi connectivity index (χ0v) is 13.3. The molecule has 108 valence electrons. The average Bonchev–Trinajstić information content (AvgIpc) is 2.41. The van der Waals surface area contributed by atoms with E-state index in [0.29, 0.717) is 16.4 Å². The van der Waals surface area contributed by atoms with Crippen LogP contribution in [-0.4, -0.2) is 16.0 Å². The molecule has 1 aromatic heterocycles. The molecule has 2 aromatic rings. The Labute approximate surface area is 137 Å². The van der Waals surface area contributed by atoms with E-state index >= 15 is 0 Å². The van der Waals surface area contributed by atoms with Crippen molar-refractivity contribution in [3.05, 3.63) is 57.7 Å². The molecule has 0 aliphatic rings. The Morgan fingerprint density at radius 2 is 2.05 bits per heavy atom. The summed E-state index contributed by atoms with van der Waals surface area (Å²) in [6.45, 7) is 1.88. The van der Waals surface area contributed by atoms with E-state index in [9.17, 15) is 4.79 Å². The van der Waals surface area contributed by atoms with Gasteiger partial charge in [-0.05, 0) is 49.0 Å². The van der Waals surface area contributed by atoms with Crippen LogP contribution in [0.5, 0.6) is 0 Å². The van der Waals surface area contributed by atoms with Crippen LogP contribution in [-0.2, 0) is 0 Å². The number of halogens is 2. The number of benzene rings is 1. The maximum Gasteiger partial charge on any atom is 0.258 e. The molecule has 0 unspecified atom stereocenters. The number of amides is 1. The van der Waals surface area contributed by atoms with Gasteiger partial charge in [0.2, 0.25) is 0 Å². The maximum atomic E-state index is 12.1. The monoisotopic (exact) mass is 339 g/mol. The van der Waals surface area contributed by atoms with Crippen LogP contribution in [0.2, 0.25) is 10.0 Å². The normalized spacial score (nSPS) is 10.0. The van der Waals surface area contributed by atoms with E-state index < -0.39 is 5.91 Å². The second kappa shape index (κ2) is 6.85. The van der Waals surface area contributed by atoms with Crippen LogP contribution in [0, 0.1) is 6.92 Å². The van der Waals surface area contributed by atoms with Crippen LogP contribution in [0.25, 0.3) is 0 Å². The summed E-state index contributed by atoms with van der Waals surface area (Å²) in [6.07, 6.45) is 1.63. The van der Waals surface area contributed by atoms with E-state index in [0.717, 1.165) is 5.56 Å². The fourth-order valence-electron chi connectivity index (χ4n) is 1.60. The summed E-state index contributed by atoms with van der Waals surface area (Å²) in [5.74, 6) is 0.174. The largest absolute Gasteiger partial charge is 0.317 e. The van der Waals surface area contributed by atoms with Crippen molar-refractivity contribution < 1.29 is 4.79 Å². The van der Waals surface area contributed by atoms with Gasteiger partial charge >= 0.3 is 0 Å². The number of hydrogen-bond acceptors (Lipinski definition) is 3. The summed E-state index contributed by atoms with van der Waals surface area (Å²) in [5, 5.41) is 6.27. The van der Waals surface area contributed by atoms with E-state index in [4.69, 9.17) is 35.4 Å². The molecule has 0 saturated carbocycles. The number of carbonyl (C=O) groups is 1. The van der Waals surface area contributed by atoms with Crippen molar-refractivity contribution >= 4 is 52.3 Å². The number of carbonyl (C=O) groups excluding carboxylic acids is 1. The molecule has 0 saturated heterocycles. The first-order valence-electron chi connectivity index (χ1n) is 5.96. The number of rotatable bonds is 2. The first kappa shape index (κ1) is 15.7. The van der Waals surface area contributed by atoms with Crippen LogP contribution in [0.1, 0.15) is 15.9 Å². The first-order chi connectivity index (χ1) is 9.97. The van der Waals surface area contributed by atoms with E-state index in [1.165, 1.54) is 12.1 Å². The lowest BCUT2D eigenvalue weighted by Gasteiger charge is -2.11. The second-order valence-electron chi connectivity index (χ2n) is 4.20. The summed E-state index contributed by atoms with van der Waals surface area (Å²) in [7, 11) is 0. The van der Waals surface area contributed by atoms with Gasteiger partial charge in [-0.2, -0.15) is 0 Å². The highest BCUT2D eigenvalue weighted by molar-refractivity contribution is 7.80. The van der Waals surface area contributed by atoms with Crippen molar-refractivity contribution in [2.24, 2.45) is 0 Å². The van der Waals surface area contributed by atoms with Crippen molar-refractivity contribution in [3.8, 4) is 0 Å². The Balaban J connectivity index is 2.06. The van der Waals surface area contributed by atoms with Gasteiger partial charge in [0.05, 0.1) is 10.6 Å². The molecule has 1 aromatic carbocycles. The molecule has 1 amide bonds. The topological polar surface area (TPSA) is 54.0 Å². The molecule has 0 atom stereocenters.